The van der Waals surface area contributed by atoms with E-state index in [9.17, 15) is 0 Å². The molecule has 0 N–H and O–H groups in total. The van der Waals surface area contributed by atoms with Crippen LogP contribution in [0.5, 0.6) is 0 Å². The predicted octanol–water partition coefficient (Wildman–Crippen LogP) is 3.58. The van der Waals surface area contributed by atoms with Gasteiger partial charge in [-0.1, -0.05) is 28.1 Å². The maximum absolute atomic E-state index is 5.88. The Kier molecular flexibility index (Phi) is 4.18. The van der Waals surface area contributed by atoms with Crippen molar-refractivity contribution in [2.24, 2.45) is 0 Å². The normalized spacial score (nSPS) is 10.5. The molecule has 1 aromatic carbocycles. The maximum Gasteiger partial charge on any atom is 0.430 e. The lowest BCUT2D eigenvalue weighted by atomic mass is 10.2. The standard InChI is InChI=1S/C13H15BrNOS/c1-3-15(4-2)13-16-12(9-17-13)10-5-7-11(14)8-6-10/h5-9H,3-4H2,1-2H3/q+1. The third-order valence-electron chi connectivity index (χ3n) is 2.61. The summed E-state index contributed by atoms with van der Waals surface area (Å²) < 4.78 is 9.18. The third kappa shape index (κ3) is 2.87. The molecular formula is C13H15BrNOS+. The zero-order valence-corrected chi connectivity index (χ0v) is 12.3. The van der Waals surface area contributed by atoms with Gasteiger partial charge >= 0.3 is 4.87 Å². The molecule has 0 unspecified atom stereocenters. The first kappa shape index (κ1) is 12.6. The highest BCUT2D eigenvalue weighted by atomic mass is 79.9. The van der Waals surface area contributed by atoms with Gasteiger partial charge in [-0.15, -0.1) is 0 Å². The summed E-state index contributed by atoms with van der Waals surface area (Å²) in [4.78, 5) is 0.980. The van der Waals surface area contributed by atoms with Crippen LogP contribution in [-0.2, 0) is 0 Å². The van der Waals surface area contributed by atoms with E-state index in [-0.39, 0.29) is 0 Å². The Labute approximate surface area is 113 Å². The smallest absolute Gasteiger partial charge is 0.396 e. The predicted molar refractivity (Wildman–Crippen MR) is 76.1 cm³/mol. The molecule has 4 heteroatoms. The van der Waals surface area contributed by atoms with Crippen LogP contribution in [0.1, 0.15) is 13.8 Å². The van der Waals surface area contributed by atoms with E-state index in [0.29, 0.717) is 0 Å². The highest BCUT2D eigenvalue weighted by Gasteiger charge is 2.08. The molecule has 0 amide bonds. The quantitative estimate of drug-likeness (QED) is 0.791. The van der Waals surface area contributed by atoms with Crippen molar-refractivity contribution in [3.8, 4) is 11.3 Å². The van der Waals surface area contributed by atoms with Crippen molar-refractivity contribution in [1.82, 2.24) is 4.58 Å². The van der Waals surface area contributed by atoms with Crippen molar-refractivity contribution in [1.29, 1.82) is 0 Å². The van der Waals surface area contributed by atoms with Crippen LogP contribution < -0.4 is 9.44 Å². The fraction of sp³-hybridized carbons (Fsp3) is 0.308. The molecule has 0 aliphatic rings. The van der Waals surface area contributed by atoms with Crippen molar-refractivity contribution >= 4 is 27.3 Å². The van der Waals surface area contributed by atoms with Gasteiger partial charge in [0.25, 0.3) is 0 Å². The molecule has 0 radical (unpaired) electrons. The lowest BCUT2D eigenvalue weighted by molar-refractivity contribution is 0.460. The first-order valence-electron chi connectivity index (χ1n) is 5.67. The summed E-state index contributed by atoms with van der Waals surface area (Å²) >= 11 is 5.09. The lowest BCUT2D eigenvalue weighted by Crippen LogP contribution is -2.26. The van der Waals surface area contributed by atoms with Gasteiger partial charge in [0.2, 0.25) is 0 Å². The minimum atomic E-state index is 0.935. The van der Waals surface area contributed by atoms with E-state index in [4.69, 9.17) is 4.42 Å². The molecule has 0 spiro atoms. The molecule has 2 aromatic rings. The van der Waals surface area contributed by atoms with E-state index in [1.54, 1.807) is 11.3 Å². The van der Waals surface area contributed by atoms with Crippen molar-refractivity contribution in [2.75, 3.05) is 13.1 Å². The van der Waals surface area contributed by atoms with Crippen LogP contribution in [0.3, 0.4) is 0 Å². The van der Waals surface area contributed by atoms with Gasteiger partial charge in [-0.3, -0.25) is 0 Å². The average Bonchev–Trinajstić information content (AvgIpc) is 2.81. The van der Waals surface area contributed by atoms with Gasteiger partial charge in [0, 0.05) is 15.4 Å². The highest BCUT2D eigenvalue weighted by molar-refractivity contribution is 9.10. The maximum atomic E-state index is 5.88. The zero-order chi connectivity index (χ0) is 12.3. The second-order valence-corrected chi connectivity index (χ2v) is 5.38. The van der Waals surface area contributed by atoms with Crippen LogP contribution in [0.2, 0.25) is 0 Å². The van der Waals surface area contributed by atoms with Gasteiger partial charge in [-0.25, -0.2) is 0 Å². The fourth-order valence-electron chi connectivity index (χ4n) is 1.61. The molecule has 0 saturated heterocycles. The molecule has 2 nitrogen and oxygen atoms in total. The first-order chi connectivity index (χ1) is 8.24. The summed E-state index contributed by atoms with van der Waals surface area (Å²) in [5.41, 5.74) is 1.11. The molecule has 1 aromatic heterocycles. The molecular weight excluding hydrogens is 298 g/mol. The Bertz CT molecular complexity index is 547. The molecule has 17 heavy (non-hydrogen) atoms. The fourth-order valence-corrected chi connectivity index (χ4v) is 2.81. The van der Waals surface area contributed by atoms with Gasteiger partial charge in [0.05, 0.1) is 0 Å². The number of hydrogen-bond acceptors (Lipinski definition) is 2. The second-order valence-electron chi connectivity index (χ2n) is 3.65. The van der Waals surface area contributed by atoms with E-state index in [2.05, 4.69) is 51.9 Å². The lowest BCUT2D eigenvalue weighted by Gasteiger charge is -1.95. The first-order valence-corrected chi connectivity index (χ1v) is 7.34. The van der Waals surface area contributed by atoms with E-state index in [1.165, 1.54) is 0 Å². The van der Waals surface area contributed by atoms with Crippen LogP contribution >= 0.6 is 27.3 Å². The molecule has 0 saturated carbocycles. The number of hydrogen-bond donors (Lipinski definition) is 0. The minimum absolute atomic E-state index is 0.935. The minimum Gasteiger partial charge on any atom is -0.396 e. The second kappa shape index (κ2) is 5.65. The molecule has 0 atom stereocenters. The summed E-state index contributed by atoms with van der Waals surface area (Å²) in [5.74, 6) is 0.935. The monoisotopic (exact) mass is 312 g/mol. The van der Waals surface area contributed by atoms with Crippen molar-refractivity contribution in [3.63, 3.8) is 0 Å². The van der Waals surface area contributed by atoms with Crippen LogP contribution in [0.25, 0.3) is 11.3 Å². The summed E-state index contributed by atoms with van der Waals surface area (Å²) in [6, 6.07) is 8.17. The average molecular weight is 313 g/mol. The summed E-state index contributed by atoms with van der Waals surface area (Å²) in [6.07, 6.45) is 0. The molecule has 0 bridgehead atoms. The summed E-state index contributed by atoms with van der Waals surface area (Å²) in [5, 5.41) is 2.07. The number of benzene rings is 1. The Balaban J connectivity index is 2.42. The molecule has 1 heterocycles. The Hall–Kier alpha value is -0.870. The van der Waals surface area contributed by atoms with Gasteiger partial charge in [-0.05, 0) is 37.3 Å². The Morgan fingerprint density at radius 3 is 2.41 bits per heavy atom. The Morgan fingerprint density at radius 2 is 1.82 bits per heavy atom. The molecule has 0 aliphatic carbocycles. The summed E-state index contributed by atoms with van der Waals surface area (Å²) in [7, 11) is 0. The van der Waals surface area contributed by atoms with Crippen LogP contribution in [-0.4, -0.2) is 13.1 Å². The van der Waals surface area contributed by atoms with Gasteiger partial charge < -0.3 is 4.42 Å². The number of rotatable bonds is 3. The van der Waals surface area contributed by atoms with Gasteiger partial charge in [0.1, 0.15) is 13.1 Å². The topological polar surface area (TPSA) is 16.1 Å². The molecule has 0 fully saturated rings. The number of halogens is 1. The van der Waals surface area contributed by atoms with Gasteiger partial charge in [0.15, 0.2) is 5.76 Å². The van der Waals surface area contributed by atoms with E-state index in [1.807, 2.05) is 12.1 Å². The van der Waals surface area contributed by atoms with Crippen molar-refractivity contribution < 1.29 is 4.42 Å². The highest BCUT2D eigenvalue weighted by Crippen LogP contribution is 2.21. The van der Waals surface area contributed by atoms with Crippen LogP contribution in [0.4, 0.5) is 0 Å². The van der Waals surface area contributed by atoms with E-state index < -0.39 is 0 Å². The molecule has 90 valence electrons. The Morgan fingerprint density at radius 1 is 1.18 bits per heavy atom. The zero-order valence-electron chi connectivity index (χ0n) is 9.94. The van der Waals surface area contributed by atoms with Crippen molar-refractivity contribution in [3.05, 3.63) is 39.0 Å². The molecule has 2 rings (SSSR count). The molecule has 0 aliphatic heterocycles. The van der Waals surface area contributed by atoms with E-state index in [0.717, 1.165) is 33.8 Å². The van der Waals surface area contributed by atoms with Crippen molar-refractivity contribution in [2.45, 2.75) is 13.8 Å². The number of nitrogens with zero attached hydrogens (tertiary/aromatic N) is 1. The third-order valence-corrected chi connectivity index (χ3v) is 4.02. The van der Waals surface area contributed by atoms with E-state index >= 15 is 0 Å². The summed E-state index contributed by atoms with van der Waals surface area (Å²) in [6.45, 7) is 6.22. The van der Waals surface area contributed by atoms with Gasteiger partial charge in [-0.2, -0.15) is 4.58 Å². The van der Waals surface area contributed by atoms with Crippen LogP contribution in [0.15, 0.2) is 38.5 Å². The van der Waals surface area contributed by atoms with Crippen LogP contribution in [0, 0.1) is 0 Å². The SMILES string of the molecule is CC[N+](CC)=c1oc(-c2ccc(Br)cc2)cs1. The largest absolute Gasteiger partial charge is 0.430 e.